The zero-order valence-electron chi connectivity index (χ0n) is 12.1. The summed E-state index contributed by atoms with van der Waals surface area (Å²) in [5, 5.41) is 20.1. The van der Waals surface area contributed by atoms with Crippen LogP contribution >= 0.6 is 0 Å². The highest BCUT2D eigenvalue weighted by molar-refractivity contribution is 5.75. The van der Waals surface area contributed by atoms with Gasteiger partial charge < -0.3 is 10.4 Å². The molecule has 0 radical (unpaired) electrons. The van der Waals surface area contributed by atoms with Crippen molar-refractivity contribution in [2.75, 3.05) is 6.54 Å². The smallest absolute Gasteiger partial charge is 0.241 e. The van der Waals surface area contributed by atoms with E-state index in [1.807, 2.05) is 37.3 Å². The van der Waals surface area contributed by atoms with Crippen LogP contribution in [0.25, 0.3) is 0 Å². The van der Waals surface area contributed by atoms with Crippen molar-refractivity contribution in [1.82, 2.24) is 20.3 Å². The van der Waals surface area contributed by atoms with Crippen LogP contribution in [0.2, 0.25) is 0 Å². The maximum atomic E-state index is 11.8. The van der Waals surface area contributed by atoms with E-state index in [0.717, 1.165) is 17.7 Å². The van der Waals surface area contributed by atoms with Crippen LogP contribution < -0.4 is 5.32 Å². The second-order valence-corrected chi connectivity index (χ2v) is 4.81. The number of amides is 1. The summed E-state index contributed by atoms with van der Waals surface area (Å²) in [7, 11) is 0. The molecule has 2 rings (SSSR count). The van der Waals surface area contributed by atoms with Crippen LogP contribution in [0.15, 0.2) is 30.3 Å². The molecule has 1 aromatic carbocycles. The maximum Gasteiger partial charge on any atom is 0.241 e. The number of nitrogens with zero attached hydrogens (tertiary/aromatic N) is 3. The molecule has 21 heavy (non-hydrogen) atoms. The summed E-state index contributed by atoms with van der Waals surface area (Å²) in [6, 6.07) is 9.85. The van der Waals surface area contributed by atoms with Gasteiger partial charge in [0.25, 0.3) is 0 Å². The lowest BCUT2D eigenvalue weighted by atomic mass is 10.1. The number of carbonyl (C=O) groups is 1. The fourth-order valence-corrected chi connectivity index (χ4v) is 2.06. The molecule has 0 atom stereocenters. The van der Waals surface area contributed by atoms with Crippen LogP contribution in [0.5, 0.6) is 0 Å². The Kier molecular flexibility index (Phi) is 5.45. The van der Waals surface area contributed by atoms with E-state index in [0.29, 0.717) is 18.7 Å². The first-order valence-electron chi connectivity index (χ1n) is 7.07. The monoisotopic (exact) mass is 288 g/mol. The number of hydrogen-bond acceptors (Lipinski definition) is 4. The van der Waals surface area contributed by atoms with Crippen molar-refractivity contribution in [2.45, 2.75) is 32.9 Å². The molecule has 0 spiro atoms. The molecule has 2 aromatic rings. The van der Waals surface area contributed by atoms with Crippen LogP contribution in [0, 0.1) is 0 Å². The largest absolute Gasteiger partial charge is 0.390 e. The molecule has 1 amide bonds. The quantitative estimate of drug-likeness (QED) is 0.793. The van der Waals surface area contributed by atoms with E-state index >= 15 is 0 Å². The van der Waals surface area contributed by atoms with Crippen molar-refractivity contribution in [3.63, 3.8) is 0 Å². The summed E-state index contributed by atoms with van der Waals surface area (Å²) >= 11 is 0. The summed E-state index contributed by atoms with van der Waals surface area (Å²) in [5.41, 5.74) is 2.38. The average molecular weight is 288 g/mol. The Morgan fingerprint density at radius 2 is 2.10 bits per heavy atom. The number of nitrogens with one attached hydrogen (secondary N) is 1. The molecule has 6 heteroatoms. The fourth-order valence-electron chi connectivity index (χ4n) is 2.06. The first-order valence-corrected chi connectivity index (χ1v) is 7.07. The molecule has 0 fully saturated rings. The molecule has 112 valence electrons. The summed E-state index contributed by atoms with van der Waals surface area (Å²) in [4.78, 5) is 11.8. The Morgan fingerprint density at radius 3 is 2.76 bits per heavy atom. The maximum absolute atomic E-state index is 11.8. The van der Waals surface area contributed by atoms with Gasteiger partial charge in [-0.1, -0.05) is 42.5 Å². The second-order valence-electron chi connectivity index (χ2n) is 4.81. The van der Waals surface area contributed by atoms with Crippen molar-refractivity contribution in [3.05, 3.63) is 47.3 Å². The lowest BCUT2D eigenvalue weighted by Gasteiger charge is -2.08. The van der Waals surface area contributed by atoms with E-state index in [1.165, 1.54) is 0 Å². The van der Waals surface area contributed by atoms with Gasteiger partial charge in [-0.15, -0.1) is 5.10 Å². The number of aliphatic hydroxyl groups is 1. The van der Waals surface area contributed by atoms with E-state index < -0.39 is 0 Å². The van der Waals surface area contributed by atoms with Crippen molar-refractivity contribution >= 4 is 5.91 Å². The van der Waals surface area contributed by atoms with Gasteiger partial charge in [-0.25, -0.2) is 4.68 Å². The molecule has 0 aliphatic carbocycles. The van der Waals surface area contributed by atoms with E-state index in [2.05, 4.69) is 15.6 Å². The van der Waals surface area contributed by atoms with Crippen molar-refractivity contribution in [1.29, 1.82) is 0 Å². The zero-order valence-corrected chi connectivity index (χ0v) is 12.1. The van der Waals surface area contributed by atoms with Crippen LogP contribution in [0.4, 0.5) is 0 Å². The van der Waals surface area contributed by atoms with Crippen LogP contribution in [-0.2, 0) is 24.4 Å². The Balaban J connectivity index is 2.15. The highest BCUT2D eigenvalue weighted by Crippen LogP contribution is 2.12. The molecule has 0 aliphatic heterocycles. The minimum absolute atomic E-state index is 0.0967. The van der Waals surface area contributed by atoms with Crippen molar-refractivity contribution < 1.29 is 9.90 Å². The molecule has 2 N–H and O–H groups in total. The third-order valence-corrected chi connectivity index (χ3v) is 3.15. The highest BCUT2D eigenvalue weighted by atomic mass is 16.3. The van der Waals surface area contributed by atoms with E-state index in [9.17, 15) is 9.90 Å². The molecule has 0 aliphatic rings. The molecule has 6 nitrogen and oxygen atoms in total. The first kappa shape index (κ1) is 15.2. The van der Waals surface area contributed by atoms with Gasteiger partial charge in [-0.3, -0.25) is 4.79 Å². The number of rotatable bonds is 7. The Bertz CT molecular complexity index is 581. The topological polar surface area (TPSA) is 80.0 Å². The molecule has 0 unspecified atom stereocenters. The molecule has 1 heterocycles. The van der Waals surface area contributed by atoms with Crippen LogP contribution in [0.3, 0.4) is 0 Å². The van der Waals surface area contributed by atoms with Gasteiger partial charge in [-0.05, 0) is 12.0 Å². The van der Waals surface area contributed by atoms with Gasteiger partial charge in [0.2, 0.25) is 5.91 Å². The zero-order chi connectivity index (χ0) is 15.1. The van der Waals surface area contributed by atoms with Gasteiger partial charge in [-0.2, -0.15) is 0 Å². The van der Waals surface area contributed by atoms with Crippen molar-refractivity contribution in [2.24, 2.45) is 0 Å². The summed E-state index contributed by atoms with van der Waals surface area (Å²) < 4.78 is 1.56. The van der Waals surface area contributed by atoms with Gasteiger partial charge in [0.05, 0.1) is 12.3 Å². The standard InChI is InChI=1S/C15H20N4O2/c1-2-8-16-15(21)10-19-14(13(11-20)17-18-19)9-12-6-4-3-5-7-12/h3-7,20H,2,8-11H2,1H3,(H,16,21). The second kappa shape index (κ2) is 7.54. The third kappa shape index (κ3) is 4.13. The summed E-state index contributed by atoms with van der Waals surface area (Å²) in [6.07, 6.45) is 1.48. The molecule has 1 aromatic heterocycles. The Labute approximate surface area is 123 Å². The number of hydrogen-bond donors (Lipinski definition) is 2. The van der Waals surface area contributed by atoms with E-state index in [-0.39, 0.29) is 19.1 Å². The summed E-state index contributed by atoms with van der Waals surface area (Å²) in [5.74, 6) is -0.0967. The molecule has 0 bridgehead atoms. The Morgan fingerprint density at radius 1 is 1.33 bits per heavy atom. The normalized spacial score (nSPS) is 10.6. The van der Waals surface area contributed by atoms with Crippen molar-refractivity contribution in [3.8, 4) is 0 Å². The highest BCUT2D eigenvalue weighted by Gasteiger charge is 2.14. The number of carbonyl (C=O) groups excluding carboxylic acids is 1. The lowest BCUT2D eigenvalue weighted by molar-refractivity contribution is -0.121. The van der Waals surface area contributed by atoms with Gasteiger partial charge in [0, 0.05) is 13.0 Å². The SMILES string of the molecule is CCCNC(=O)Cn1nnc(CO)c1Cc1ccccc1. The number of aromatic nitrogens is 3. The minimum atomic E-state index is -0.182. The van der Waals surface area contributed by atoms with Crippen LogP contribution in [0.1, 0.15) is 30.3 Å². The predicted molar refractivity (Wildman–Crippen MR) is 78.5 cm³/mol. The minimum Gasteiger partial charge on any atom is -0.390 e. The van der Waals surface area contributed by atoms with Gasteiger partial charge in [0.15, 0.2) is 0 Å². The average Bonchev–Trinajstić information content (AvgIpc) is 2.88. The number of aliphatic hydroxyl groups excluding tert-OH is 1. The van der Waals surface area contributed by atoms with E-state index in [1.54, 1.807) is 4.68 Å². The summed E-state index contributed by atoms with van der Waals surface area (Å²) in [6.45, 7) is 2.59. The molecular formula is C15H20N4O2. The first-order chi connectivity index (χ1) is 10.2. The molecular weight excluding hydrogens is 268 g/mol. The van der Waals surface area contributed by atoms with Crippen LogP contribution in [-0.4, -0.2) is 32.6 Å². The Hall–Kier alpha value is -2.21. The fraction of sp³-hybridized carbons (Fsp3) is 0.400. The van der Waals surface area contributed by atoms with Gasteiger partial charge in [0.1, 0.15) is 12.2 Å². The lowest BCUT2D eigenvalue weighted by Crippen LogP contribution is -2.29. The molecule has 0 saturated heterocycles. The van der Waals surface area contributed by atoms with E-state index in [4.69, 9.17) is 0 Å². The number of benzene rings is 1. The van der Waals surface area contributed by atoms with Gasteiger partial charge >= 0.3 is 0 Å². The molecule has 0 saturated carbocycles. The predicted octanol–water partition coefficient (Wildman–Crippen LogP) is 0.887. The third-order valence-electron chi connectivity index (χ3n) is 3.15.